The van der Waals surface area contributed by atoms with Gasteiger partial charge in [-0.1, -0.05) is 42.8 Å². The number of carbonyl (C=O) groups is 3. The molecule has 1 spiro atoms. The fourth-order valence-corrected chi connectivity index (χ4v) is 10.6. The maximum absolute atomic E-state index is 14.6. The highest BCUT2D eigenvalue weighted by atomic mass is 79.9. The van der Waals surface area contributed by atoms with Gasteiger partial charge in [0.2, 0.25) is 11.8 Å². The maximum atomic E-state index is 14.6. The SMILES string of the molecule is C=CCN(C(=O)C1N(CCCCCO)C(=O)[C@@H]2[C@@H](C(=O)OCC)[C@@H]3SC12CC3Br)C(C)(C)CC(C)(C)C. The topological polar surface area (TPSA) is 87.2 Å². The summed E-state index contributed by atoms with van der Waals surface area (Å²) < 4.78 is 4.76. The second-order valence-electron chi connectivity index (χ2n) is 12.5. The minimum atomic E-state index is -0.682. The standard InChI is InChI=1S/C28H45BrN2O5S/c1-8-13-31(27(6,7)17-26(3,4)5)24(34)22-28-16-18(29)21(37-28)19(25(35)36-9-2)20(28)23(33)30(22)14-11-10-12-15-32/h8,18-22,32H,1,9-17H2,2-7H3/t18?,19-,20+,21-,22?,28?/m1/s1. The van der Waals surface area contributed by atoms with Crippen LogP contribution in [0.4, 0.5) is 0 Å². The summed E-state index contributed by atoms with van der Waals surface area (Å²) in [6.07, 6.45) is 5.32. The predicted molar refractivity (Wildman–Crippen MR) is 152 cm³/mol. The largest absolute Gasteiger partial charge is 0.466 e. The molecule has 2 amide bonds. The van der Waals surface area contributed by atoms with E-state index in [9.17, 15) is 19.5 Å². The lowest BCUT2D eigenvalue weighted by molar-refractivity contribution is -0.153. The number of nitrogens with zero attached hydrogens (tertiary/aromatic N) is 2. The first kappa shape index (κ1) is 30.5. The van der Waals surface area contributed by atoms with Crippen LogP contribution in [0.3, 0.4) is 0 Å². The number of rotatable bonds is 12. The van der Waals surface area contributed by atoms with Crippen LogP contribution in [0, 0.1) is 17.3 Å². The Morgan fingerprint density at radius 1 is 1.27 bits per heavy atom. The first-order chi connectivity index (χ1) is 17.3. The molecule has 7 nitrogen and oxygen atoms in total. The minimum Gasteiger partial charge on any atom is -0.466 e. The van der Waals surface area contributed by atoms with Crippen molar-refractivity contribution in [2.45, 2.75) is 100 Å². The number of alkyl halides is 1. The normalized spacial score (nSPS) is 31.0. The van der Waals surface area contributed by atoms with E-state index in [1.807, 2.05) is 4.90 Å². The van der Waals surface area contributed by atoms with E-state index in [1.165, 1.54) is 0 Å². The molecule has 210 valence electrons. The average Bonchev–Trinajstić information content (AvgIpc) is 3.36. The number of aliphatic hydroxyl groups is 1. The van der Waals surface area contributed by atoms with E-state index in [0.29, 0.717) is 32.4 Å². The maximum Gasteiger partial charge on any atom is 0.310 e. The summed E-state index contributed by atoms with van der Waals surface area (Å²) in [5.74, 6) is -1.65. The third kappa shape index (κ3) is 5.79. The average molecular weight is 602 g/mol. The van der Waals surface area contributed by atoms with Gasteiger partial charge in [0.25, 0.3) is 0 Å². The van der Waals surface area contributed by atoms with Gasteiger partial charge in [-0.2, -0.15) is 0 Å². The zero-order valence-corrected chi connectivity index (χ0v) is 25.7. The molecule has 0 aromatic heterocycles. The lowest BCUT2D eigenvalue weighted by Gasteiger charge is -2.46. The van der Waals surface area contributed by atoms with Gasteiger partial charge in [0.1, 0.15) is 6.04 Å². The fourth-order valence-electron chi connectivity index (χ4n) is 7.03. The van der Waals surface area contributed by atoms with Crippen molar-refractivity contribution in [1.29, 1.82) is 0 Å². The van der Waals surface area contributed by atoms with E-state index < -0.39 is 28.2 Å². The first-order valence-electron chi connectivity index (χ1n) is 13.6. The lowest BCUT2D eigenvalue weighted by Crippen LogP contribution is -2.60. The molecule has 2 bridgehead atoms. The molecule has 6 atom stereocenters. The van der Waals surface area contributed by atoms with Crippen molar-refractivity contribution < 1.29 is 24.2 Å². The number of likely N-dealkylation sites (tertiary alicyclic amines) is 1. The number of unbranched alkanes of at least 4 members (excludes halogenated alkanes) is 2. The van der Waals surface area contributed by atoms with Gasteiger partial charge in [0, 0.05) is 35.3 Å². The number of fused-ring (bicyclic) bond motifs is 1. The smallest absolute Gasteiger partial charge is 0.310 e. The predicted octanol–water partition coefficient (Wildman–Crippen LogP) is 4.41. The van der Waals surface area contributed by atoms with Gasteiger partial charge in [0.05, 0.1) is 23.2 Å². The van der Waals surface area contributed by atoms with Crippen LogP contribution in [0.1, 0.15) is 73.6 Å². The molecular weight excluding hydrogens is 556 g/mol. The highest BCUT2D eigenvalue weighted by molar-refractivity contribution is 9.09. The van der Waals surface area contributed by atoms with Gasteiger partial charge in [0.15, 0.2) is 0 Å². The Labute approximate surface area is 235 Å². The molecule has 3 saturated heterocycles. The summed E-state index contributed by atoms with van der Waals surface area (Å²) >= 11 is 5.44. The Morgan fingerprint density at radius 3 is 2.51 bits per heavy atom. The van der Waals surface area contributed by atoms with Crippen LogP contribution >= 0.6 is 27.7 Å². The van der Waals surface area contributed by atoms with Gasteiger partial charge < -0.3 is 19.6 Å². The fraction of sp³-hybridized carbons (Fsp3) is 0.821. The summed E-state index contributed by atoms with van der Waals surface area (Å²) in [6.45, 7) is 17.6. The van der Waals surface area contributed by atoms with Crippen molar-refractivity contribution in [3.63, 3.8) is 0 Å². The Bertz CT molecular complexity index is 890. The molecule has 3 unspecified atom stereocenters. The van der Waals surface area contributed by atoms with Crippen LogP contribution in [0.5, 0.6) is 0 Å². The van der Waals surface area contributed by atoms with Gasteiger partial charge >= 0.3 is 5.97 Å². The zero-order valence-electron chi connectivity index (χ0n) is 23.3. The number of halogens is 1. The highest BCUT2D eigenvalue weighted by Crippen LogP contribution is 2.68. The molecule has 3 rings (SSSR count). The first-order valence-corrected chi connectivity index (χ1v) is 15.4. The highest BCUT2D eigenvalue weighted by Gasteiger charge is 2.76. The number of amides is 2. The van der Waals surface area contributed by atoms with Crippen LogP contribution in [-0.4, -0.2) is 85.4 Å². The van der Waals surface area contributed by atoms with Gasteiger partial charge in [-0.25, -0.2) is 0 Å². The van der Waals surface area contributed by atoms with Crippen molar-refractivity contribution in [2.75, 3.05) is 26.3 Å². The molecule has 1 N–H and O–H groups in total. The van der Waals surface area contributed by atoms with E-state index >= 15 is 0 Å². The molecule has 0 aliphatic carbocycles. The third-order valence-electron chi connectivity index (χ3n) is 7.91. The summed E-state index contributed by atoms with van der Waals surface area (Å²) in [5.41, 5.74) is -0.463. The lowest BCUT2D eigenvalue weighted by atomic mass is 9.70. The number of hydrogen-bond donors (Lipinski definition) is 1. The van der Waals surface area contributed by atoms with Crippen molar-refractivity contribution in [3.05, 3.63) is 12.7 Å². The summed E-state index contributed by atoms with van der Waals surface area (Å²) in [4.78, 5) is 45.5. The van der Waals surface area contributed by atoms with Crippen molar-refractivity contribution >= 4 is 45.5 Å². The molecule has 0 aromatic rings. The molecule has 3 fully saturated rings. The Hall–Kier alpha value is -1.06. The van der Waals surface area contributed by atoms with Crippen molar-refractivity contribution in [3.8, 4) is 0 Å². The molecule has 9 heteroatoms. The molecule has 3 heterocycles. The Kier molecular flexibility index (Phi) is 9.54. The Morgan fingerprint density at radius 2 is 1.95 bits per heavy atom. The minimum absolute atomic E-state index is 0.00395. The van der Waals surface area contributed by atoms with Gasteiger partial charge in [-0.05, 0) is 58.3 Å². The van der Waals surface area contributed by atoms with Crippen LogP contribution in [-0.2, 0) is 19.1 Å². The van der Waals surface area contributed by atoms with E-state index in [1.54, 1.807) is 29.7 Å². The summed E-state index contributed by atoms with van der Waals surface area (Å²) in [5, 5.41) is 9.14. The van der Waals surface area contributed by atoms with E-state index in [-0.39, 0.29) is 46.5 Å². The number of esters is 1. The summed E-state index contributed by atoms with van der Waals surface area (Å²) in [7, 11) is 0. The summed E-state index contributed by atoms with van der Waals surface area (Å²) in [6, 6.07) is -0.659. The van der Waals surface area contributed by atoms with Gasteiger partial charge in [-0.15, -0.1) is 18.3 Å². The van der Waals surface area contributed by atoms with Crippen LogP contribution < -0.4 is 0 Å². The quantitative estimate of drug-likeness (QED) is 0.154. The molecule has 37 heavy (non-hydrogen) atoms. The molecular formula is C28H45BrN2O5S. The number of thioether (sulfide) groups is 1. The third-order valence-corrected chi connectivity index (χ3v) is 11.1. The van der Waals surface area contributed by atoms with E-state index in [0.717, 1.165) is 12.8 Å². The monoisotopic (exact) mass is 600 g/mol. The Balaban J connectivity index is 2.06. The van der Waals surface area contributed by atoms with Crippen molar-refractivity contribution in [1.82, 2.24) is 9.80 Å². The number of aliphatic hydroxyl groups excluding tert-OH is 1. The molecule has 3 aliphatic heterocycles. The van der Waals surface area contributed by atoms with E-state index in [4.69, 9.17) is 4.74 Å². The van der Waals surface area contributed by atoms with Crippen LogP contribution in [0.25, 0.3) is 0 Å². The van der Waals surface area contributed by atoms with Crippen LogP contribution in [0.2, 0.25) is 0 Å². The zero-order chi connectivity index (χ0) is 27.8. The van der Waals surface area contributed by atoms with Crippen LogP contribution in [0.15, 0.2) is 12.7 Å². The number of carbonyl (C=O) groups excluding carboxylic acids is 3. The van der Waals surface area contributed by atoms with Crippen molar-refractivity contribution in [2.24, 2.45) is 17.3 Å². The molecule has 0 aromatic carbocycles. The second-order valence-corrected chi connectivity index (χ2v) is 15.2. The van der Waals surface area contributed by atoms with Gasteiger partial charge in [-0.3, -0.25) is 14.4 Å². The second kappa shape index (κ2) is 11.6. The number of ether oxygens (including phenoxy) is 1. The molecule has 3 aliphatic rings. The molecule has 0 radical (unpaired) electrons. The van der Waals surface area contributed by atoms with E-state index in [2.05, 4.69) is 57.1 Å². The molecule has 0 saturated carbocycles. The number of hydrogen-bond acceptors (Lipinski definition) is 6.